The lowest BCUT2D eigenvalue weighted by atomic mass is 10.1. The van der Waals surface area contributed by atoms with Crippen LogP contribution < -0.4 is 5.73 Å². The van der Waals surface area contributed by atoms with Gasteiger partial charge in [-0.15, -0.1) is 0 Å². The third-order valence-corrected chi connectivity index (χ3v) is 11.0. The van der Waals surface area contributed by atoms with E-state index in [9.17, 15) is 14.3 Å². The van der Waals surface area contributed by atoms with Crippen LogP contribution in [-0.2, 0) is 27.9 Å². The molecule has 8 nitrogen and oxygen atoms in total. The van der Waals surface area contributed by atoms with Gasteiger partial charge in [0.05, 0.1) is 19.8 Å². The molecule has 2 atom stereocenters. The fourth-order valence-corrected chi connectivity index (χ4v) is 7.23. The van der Waals surface area contributed by atoms with E-state index in [1.807, 2.05) is 0 Å². The highest BCUT2D eigenvalue weighted by atomic mass is 31.2. The number of carbonyl (C=O) groups excluding carboxylic acids is 1. The summed E-state index contributed by atoms with van der Waals surface area (Å²) in [6.07, 6.45) is 54.1. The molecule has 0 radical (unpaired) electrons. The molecule has 0 aliphatic carbocycles. The second-order valence-corrected chi connectivity index (χ2v) is 17.1. The van der Waals surface area contributed by atoms with Crippen LogP contribution in [0.4, 0.5) is 0 Å². The summed E-state index contributed by atoms with van der Waals surface area (Å²) in [4.78, 5) is 22.5. The molecule has 0 bridgehead atoms. The van der Waals surface area contributed by atoms with E-state index in [1.54, 1.807) is 0 Å². The Labute approximate surface area is 351 Å². The SMILES string of the molecule is CCCCC/C=C\C/C=C\CCCCCCCCCCCCOCC(COP(=O)(O)OCCN)OC(=O)CCCCCCCCC/C=C\C/C=C\CCCCCC. The molecule has 9 heteroatoms. The van der Waals surface area contributed by atoms with E-state index in [1.165, 1.54) is 141 Å². The first-order chi connectivity index (χ1) is 27.9. The fourth-order valence-electron chi connectivity index (χ4n) is 6.47. The molecule has 2 unspecified atom stereocenters. The molecule has 334 valence electrons. The summed E-state index contributed by atoms with van der Waals surface area (Å²) < 4.78 is 33.5. The molecule has 0 spiro atoms. The molecular weight excluding hydrogens is 734 g/mol. The van der Waals surface area contributed by atoms with Gasteiger partial charge in [0.25, 0.3) is 0 Å². The quantitative estimate of drug-likeness (QED) is 0.0270. The van der Waals surface area contributed by atoms with Gasteiger partial charge in [-0.1, -0.05) is 178 Å². The average molecular weight is 824 g/mol. The van der Waals surface area contributed by atoms with Crippen LogP contribution in [0.15, 0.2) is 48.6 Å². The smallest absolute Gasteiger partial charge is 0.457 e. The minimum atomic E-state index is -4.28. The van der Waals surface area contributed by atoms with E-state index >= 15 is 0 Å². The number of unbranched alkanes of at least 4 members (excludes halogenated alkanes) is 24. The van der Waals surface area contributed by atoms with Gasteiger partial charge in [-0.25, -0.2) is 4.57 Å². The number of allylic oxidation sites excluding steroid dienone is 8. The van der Waals surface area contributed by atoms with E-state index in [-0.39, 0.29) is 32.3 Å². The summed E-state index contributed by atoms with van der Waals surface area (Å²) in [6, 6.07) is 0. The van der Waals surface area contributed by atoms with Crippen LogP contribution in [0.5, 0.6) is 0 Å². The zero-order chi connectivity index (χ0) is 41.6. The van der Waals surface area contributed by atoms with Crippen molar-refractivity contribution >= 4 is 13.8 Å². The Bertz CT molecular complexity index is 1010. The minimum Gasteiger partial charge on any atom is -0.457 e. The number of carbonyl (C=O) groups is 1. The highest BCUT2D eigenvalue weighted by molar-refractivity contribution is 7.47. The van der Waals surface area contributed by atoms with E-state index in [2.05, 4.69) is 62.5 Å². The van der Waals surface area contributed by atoms with Gasteiger partial charge in [0, 0.05) is 19.6 Å². The monoisotopic (exact) mass is 824 g/mol. The standard InChI is InChI=1S/C48H90NO7P/c1-3-5-7-9-11-13-15-17-19-21-23-24-26-28-30-32-34-36-38-40-43-53-45-47(46-55-57(51,52)54-44-42-49)56-48(50)41-39-37-35-33-31-29-27-25-22-20-18-16-14-12-10-8-6-4-2/h11,13-14,16-17,19-20,22,47H,3-10,12,15,18,21,23-46,49H2,1-2H3,(H,51,52)/b13-11-,16-14-,19-17-,22-20-. The Morgan fingerprint density at radius 2 is 0.930 bits per heavy atom. The molecule has 0 saturated heterocycles. The number of phosphoric ester groups is 1. The van der Waals surface area contributed by atoms with E-state index < -0.39 is 13.9 Å². The molecule has 0 aromatic carbocycles. The van der Waals surface area contributed by atoms with Crippen LogP contribution in [0.2, 0.25) is 0 Å². The first-order valence-electron chi connectivity index (χ1n) is 23.6. The molecule has 57 heavy (non-hydrogen) atoms. The molecule has 3 N–H and O–H groups in total. The largest absolute Gasteiger partial charge is 0.472 e. The van der Waals surface area contributed by atoms with Crippen LogP contribution in [0.3, 0.4) is 0 Å². The maximum atomic E-state index is 12.6. The number of esters is 1. The summed E-state index contributed by atoms with van der Waals surface area (Å²) in [6.45, 7) is 4.88. The summed E-state index contributed by atoms with van der Waals surface area (Å²) in [5.74, 6) is -0.339. The van der Waals surface area contributed by atoms with Gasteiger partial charge in [-0.3, -0.25) is 13.8 Å². The van der Waals surface area contributed by atoms with Gasteiger partial charge in [-0.2, -0.15) is 0 Å². The Morgan fingerprint density at radius 3 is 1.40 bits per heavy atom. The Hall–Kier alpha value is -1.54. The van der Waals surface area contributed by atoms with Crippen LogP contribution in [0.25, 0.3) is 0 Å². The molecule has 0 rings (SSSR count). The topological polar surface area (TPSA) is 117 Å². The van der Waals surface area contributed by atoms with Crippen molar-refractivity contribution in [2.45, 2.75) is 219 Å². The van der Waals surface area contributed by atoms with E-state index in [0.29, 0.717) is 13.0 Å². The first kappa shape index (κ1) is 55.5. The van der Waals surface area contributed by atoms with Crippen LogP contribution in [-0.4, -0.2) is 49.9 Å². The summed E-state index contributed by atoms with van der Waals surface area (Å²) in [5.41, 5.74) is 5.38. The van der Waals surface area contributed by atoms with Gasteiger partial charge in [0.15, 0.2) is 0 Å². The molecule has 0 aromatic rings. The number of ether oxygens (including phenoxy) is 2. The number of rotatable bonds is 45. The van der Waals surface area contributed by atoms with Gasteiger partial charge in [0.2, 0.25) is 0 Å². The van der Waals surface area contributed by atoms with Crippen LogP contribution in [0, 0.1) is 0 Å². The molecule has 0 aliphatic heterocycles. The summed E-state index contributed by atoms with van der Waals surface area (Å²) in [5, 5.41) is 0. The maximum Gasteiger partial charge on any atom is 0.472 e. The Morgan fingerprint density at radius 1 is 0.526 bits per heavy atom. The predicted molar refractivity (Wildman–Crippen MR) is 243 cm³/mol. The number of hydrogen-bond donors (Lipinski definition) is 2. The van der Waals surface area contributed by atoms with Crippen molar-refractivity contribution in [3.63, 3.8) is 0 Å². The molecule has 0 heterocycles. The molecule has 0 aromatic heterocycles. The van der Waals surface area contributed by atoms with Gasteiger partial charge < -0.3 is 20.1 Å². The second-order valence-electron chi connectivity index (χ2n) is 15.6. The average Bonchev–Trinajstić information content (AvgIpc) is 3.20. The minimum absolute atomic E-state index is 0.0973. The van der Waals surface area contributed by atoms with Crippen molar-refractivity contribution in [3.8, 4) is 0 Å². The number of nitrogens with two attached hydrogens (primary N) is 1. The van der Waals surface area contributed by atoms with Crippen molar-refractivity contribution in [1.29, 1.82) is 0 Å². The highest BCUT2D eigenvalue weighted by Gasteiger charge is 2.25. The maximum absolute atomic E-state index is 12.6. The van der Waals surface area contributed by atoms with Crippen molar-refractivity contribution in [2.24, 2.45) is 5.73 Å². The van der Waals surface area contributed by atoms with Crippen molar-refractivity contribution in [1.82, 2.24) is 0 Å². The van der Waals surface area contributed by atoms with E-state index in [0.717, 1.165) is 51.4 Å². The van der Waals surface area contributed by atoms with Gasteiger partial charge in [-0.05, 0) is 77.0 Å². The Kier molecular flexibility index (Phi) is 44.3. The number of phosphoric acid groups is 1. The summed E-state index contributed by atoms with van der Waals surface area (Å²) >= 11 is 0. The van der Waals surface area contributed by atoms with Crippen molar-refractivity contribution < 1.29 is 32.8 Å². The van der Waals surface area contributed by atoms with Crippen LogP contribution >= 0.6 is 7.82 Å². The van der Waals surface area contributed by atoms with E-state index in [4.69, 9.17) is 24.3 Å². The molecule has 0 fully saturated rings. The molecule has 0 amide bonds. The lowest BCUT2D eigenvalue weighted by Gasteiger charge is -2.20. The lowest BCUT2D eigenvalue weighted by Crippen LogP contribution is -2.28. The summed E-state index contributed by atoms with van der Waals surface area (Å²) in [7, 11) is -4.28. The predicted octanol–water partition coefficient (Wildman–Crippen LogP) is 14.4. The fraction of sp³-hybridized carbons (Fsp3) is 0.812. The number of hydrogen-bond acceptors (Lipinski definition) is 7. The van der Waals surface area contributed by atoms with Gasteiger partial charge in [0.1, 0.15) is 6.10 Å². The Balaban J connectivity index is 4.00. The third-order valence-electron chi connectivity index (χ3n) is 9.97. The lowest BCUT2D eigenvalue weighted by molar-refractivity contribution is -0.154. The third kappa shape index (κ3) is 45.4. The van der Waals surface area contributed by atoms with Crippen LogP contribution in [0.1, 0.15) is 213 Å². The van der Waals surface area contributed by atoms with Gasteiger partial charge >= 0.3 is 13.8 Å². The highest BCUT2D eigenvalue weighted by Crippen LogP contribution is 2.43. The molecule has 0 saturated carbocycles. The van der Waals surface area contributed by atoms with Crippen molar-refractivity contribution in [3.05, 3.63) is 48.6 Å². The molecular formula is C48H90NO7P. The second kappa shape index (κ2) is 45.5. The zero-order valence-electron chi connectivity index (χ0n) is 37.1. The first-order valence-corrected chi connectivity index (χ1v) is 25.1. The van der Waals surface area contributed by atoms with Crippen molar-refractivity contribution in [2.75, 3.05) is 33.0 Å². The molecule has 0 aliphatic rings. The normalized spacial score (nSPS) is 13.8. The zero-order valence-corrected chi connectivity index (χ0v) is 38.0.